The van der Waals surface area contributed by atoms with E-state index in [1.54, 1.807) is 6.08 Å². The Balaban J connectivity index is 1.56. The van der Waals surface area contributed by atoms with E-state index in [1.807, 2.05) is 24.3 Å². The lowest BCUT2D eigenvalue weighted by Crippen LogP contribution is -2.31. The molecule has 21 heavy (non-hydrogen) atoms. The molecule has 1 saturated carbocycles. The summed E-state index contributed by atoms with van der Waals surface area (Å²) in [5.41, 5.74) is 1.47. The van der Waals surface area contributed by atoms with Crippen molar-refractivity contribution in [3.05, 3.63) is 36.2 Å². The number of rotatable bonds is 4. The van der Waals surface area contributed by atoms with Gasteiger partial charge in [-0.3, -0.25) is 4.79 Å². The molecule has 1 aliphatic rings. The number of aliphatic hydroxyl groups is 1. The van der Waals surface area contributed by atoms with Crippen molar-refractivity contribution in [1.82, 2.24) is 10.3 Å². The maximum atomic E-state index is 11.7. The van der Waals surface area contributed by atoms with Crippen LogP contribution in [0.15, 0.2) is 34.8 Å². The molecule has 1 aliphatic carbocycles. The van der Waals surface area contributed by atoms with Gasteiger partial charge >= 0.3 is 0 Å². The molecule has 2 aromatic rings. The zero-order chi connectivity index (χ0) is 14.7. The van der Waals surface area contributed by atoms with Crippen LogP contribution in [0.1, 0.15) is 25.2 Å². The molecule has 5 nitrogen and oxygen atoms in total. The van der Waals surface area contributed by atoms with Crippen LogP contribution >= 0.6 is 0 Å². The van der Waals surface area contributed by atoms with E-state index < -0.39 is 0 Å². The van der Waals surface area contributed by atoms with E-state index >= 15 is 0 Å². The van der Waals surface area contributed by atoms with Gasteiger partial charge in [-0.2, -0.15) is 0 Å². The van der Waals surface area contributed by atoms with E-state index in [0.29, 0.717) is 18.0 Å². The second-order valence-corrected chi connectivity index (χ2v) is 5.36. The van der Waals surface area contributed by atoms with Crippen molar-refractivity contribution in [3.63, 3.8) is 0 Å². The summed E-state index contributed by atoms with van der Waals surface area (Å²) in [5, 5.41) is 12.5. The quantitative estimate of drug-likeness (QED) is 0.844. The molecule has 0 saturated heterocycles. The van der Waals surface area contributed by atoms with Crippen LogP contribution in [0.25, 0.3) is 17.2 Å². The van der Waals surface area contributed by atoms with E-state index in [0.717, 1.165) is 24.8 Å². The molecule has 1 fully saturated rings. The molecule has 0 spiro atoms. The molecule has 2 N–H and O–H groups in total. The smallest absolute Gasteiger partial charge is 0.244 e. The van der Waals surface area contributed by atoms with E-state index in [9.17, 15) is 9.90 Å². The Labute approximate surface area is 122 Å². The summed E-state index contributed by atoms with van der Waals surface area (Å²) < 4.78 is 5.50. The number of amides is 1. The highest BCUT2D eigenvalue weighted by Crippen LogP contribution is 2.24. The zero-order valence-corrected chi connectivity index (χ0v) is 11.7. The van der Waals surface area contributed by atoms with Crippen molar-refractivity contribution < 1.29 is 14.3 Å². The second kappa shape index (κ2) is 6.10. The topological polar surface area (TPSA) is 75.4 Å². The highest BCUT2D eigenvalue weighted by Gasteiger charge is 2.24. The minimum atomic E-state index is -0.286. The van der Waals surface area contributed by atoms with Crippen molar-refractivity contribution in [2.45, 2.75) is 25.4 Å². The monoisotopic (exact) mass is 286 g/mol. The first kappa shape index (κ1) is 13.8. The van der Waals surface area contributed by atoms with Crippen LogP contribution in [0, 0.1) is 5.92 Å². The van der Waals surface area contributed by atoms with Gasteiger partial charge in [-0.15, -0.1) is 0 Å². The molecule has 0 bridgehead atoms. The number of oxazole rings is 1. The predicted octanol–water partition coefficient (Wildman–Crippen LogP) is 2.12. The van der Waals surface area contributed by atoms with Crippen LogP contribution in [-0.4, -0.2) is 28.6 Å². The van der Waals surface area contributed by atoms with Gasteiger partial charge in [-0.05, 0) is 25.0 Å². The molecule has 1 amide bonds. The lowest BCUT2D eigenvalue weighted by Gasteiger charge is -2.13. The van der Waals surface area contributed by atoms with E-state index in [1.165, 1.54) is 6.08 Å². The molecule has 2 atom stereocenters. The van der Waals surface area contributed by atoms with Crippen LogP contribution in [0.3, 0.4) is 0 Å². The third-order valence-electron chi connectivity index (χ3n) is 3.85. The molecular weight excluding hydrogens is 268 g/mol. The number of benzene rings is 1. The Kier molecular flexibility index (Phi) is 4.01. The minimum absolute atomic E-state index is 0.173. The first-order valence-corrected chi connectivity index (χ1v) is 7.22. The lowest BCUT2D eigenvalue weighted by atomic mass is 10.1. The molecule has 110 valence electrons. The van der Waals surface area contributed by atoms with Crippen molar-refractivity contribution in [2.24, 2.45) is 5.92 Å². The number of carbonyl (C=O) groups excluding carboxylic acids is 1. The first-order valence-electron chi connectivity index (χ1n) is 7.22. The number of nitrogens with zero attached hydrogens (tertiary/aromatic N) is 1. The third-order valence-corrected chi connectivity index (χ3v) is 3.85. The molecule has 5 heteroatoms. The number of hydrogen-bond acceptors (Lipinski definition) is 4. The number of nitrogens with one attached hydrogen (secondary N) is 1. The molecular formula is C16H18N2O3. The van der Waals surface area contributed by atoms with Gasteiger partial charge in [0.25, 0.3) is 0 Å². The number of carbonyl (C=O) groups is 1. The summed E-state index contributed by atoms with van der Waals surface area (Å²) >= 11 is 0. The van der Waals surface area contributed by atoms with Crippen LogP contribution < -0.4 is 5.32 Å². The van der Waals surface area contributed by atoms with Gasteiger partial charge in [-0.1, -0.05) is 18.6 Å². The molecule has 0 radical (unpaired) electrons. The fraction of sp³-hybridized carbons (Fsp3) is 0.375. The number of aliphatic hydroxyl groups excluding tert-OH is 1. The fourth-order valence-electron chi connectivity index (χ4n) is 2.65. The number of fused-ring (bicyclic) bond motifs is 1. The summed E-state index contributed by atoms with van der Waals surface area (Å²) in [4.78, 5) is 16.0. The van der Waals surface area contributed by atoms with E-state index in [4.69, 9.17) is 4.42 Å². The van der Waals surface area contributed by atoms with Gasteiger partial charge in [0.05, 0.1) is 6.10 Å². The molecule has 1 aromatic heterocycles. The van der Waals surface area contributed by atoms with Crippen molar-refractivity contribution >= 4 is 23.1 Å². The standard InChI is InChI=1S/C16H18N2O3/c19-13-6-3-4-11(13)10-17-15(20)8-9-16-18-12-5-1-2-7-14(12)21-16/h1-2,5,7-9,11,13,19H,3-4,6,10H2,(H,17,20)/b9-8+. The van der Waals surface area contributed by atoms with Crippen molar-refractivity contribution in [1.29, 1.82) is 0 Å². The number of hydrogen-bond donors (Lipinski definition) is 2. The summed E-state index contributed by atoms with van der Waals surface area (Å²) in [7, 11) is 0. The number of para-hydroxylation sites is 2. The predicted molar refractivity (Wildman–Crippen MR) is 79.4 cm³/mol. The van der Waals surface area contributed by atoms with Crippen LogP contribution in [0.4, 0.5) is 0 Å². The van der Waals surface area contributed by atoms with E-state index in [-0.39, 0.29) is 17.9 Å². The largest absolute Gasteiger partial charge is 0.437 e. The maximum absolute atomic E-state index is 11.7. The maximum Gasteiger partial charge on any atom is 0.244 e. The van der Waals surface area contributed by atoms with Crippen LogP contribution in [0.5, 0.6) is 0 Å². The van der Waals surface area contributed by atoms with Crippen LogP contribution in [-0.2, 0) is 4.79 Å². The Hall–Kier alpha value is -2.14. The Morgan fingerprint density at radius 1 is 1.43 bits per heavy atom. The van der Waals surface area contributed by atoms with Gasteiger partial charge in [-0.25, -0.2) is 4.98 Å². The molecule has 1 heterocycles. The molecule has 0 aliphatic heterocycles. The molecule has 2 unspecified atom stereocenters. The van der Waals surface area contributed by atoms with Crippen molar-refractivity contribution in [2.75, 3.05) is 6.54 Å². The minimum Gasteiger partial charge on any atom is -0.437 e. The highest BCUT2D eigenvalue weighted by molar-refractivity contribution is 5.91. The van der Waals surface area contributed by atoms with E-state index in [2.05, 4.69) is 10.3 Å². The Morgan fingerprint density at radius 3 is 3.05 bits per heavy atom. The lowest BCUT2D eigenvalue weighted by molar-refractivity contribution is -0.116. The summed E-state index contributed by atoms with van der Waals surface area (Å²) in [6.07, 6.45) is 5.51. The Morgan fingerprint density at radius 2 is 2.29 bits per heavy atom. The number of aromatic nitrogens is 1. The summed E-state index contributed by atoms with van der Waals surface area (Å²) in [6, 6.07) is 7.46. The SMILES string of the molecule is O=C(/C=C/c1nc2ccccc2o1)NCC1CCCC1O. The molecule has 1 aromatic carbocycles. The molecule has 3 rings (SSSR count). The van der Waals surface area contributed by atoms with Gasteiger partial charge in [0.1, 0.15) is 5.52 Å². The van der Waals surface area contributed by atoms with Gasteiger partial charge in [0, 0.05) is 24.6 Å². The van der Waals surface area contributed by atoms with Crippen molar-refractivity contribution in [3.8, 4) is 0 Å². The van der Waals surface area contributed by atoms with Gasteiger partial charge in [0.2, 0.25) is 11.8 Å². The van der Waals surface area contributed by atoms with Crippen LogP contribution in [0.2, 0.25) is 0 Å². The Bertz CT molecular complexity index is 629. The zero-order valence-electron chi connectivity index (χ0n) is 11.7. The second-order valence-electron chi connectivity index (χ2n) is 5.36. The average Bonchev–Trinajstić information content (AvgIpc) is 3.08. The fourth-order valence-corrected chi connectivity index (χ4v) is 2.65. The third kappa shape index (κ3) is 3.31. The van der Waals surface area contributed by atoms with Gasteiger partial charge in [0.15, 0.2) is 5.58 Å². The average molecular weight is 286 g/mol. The van der Waals surface area contributed by atoms with Gasteiger partial charge < -0.3 is 14.8 Å². The summed E-state index contributed by atoms with van der Waals surface area (Å²) in [6.45, 7) is 0.512. The first-order chi connectivity index (χ1) is 10.2. The summed E-state index contributed by atoms with van der Waals surface area (Å²) in [5.74, 6) is 0.385. The highest BCUT2D eigenvalue weighted by atomic mass is 16.3. The normalized spacial score (nSPS) is 22.1.